The summed E-state index contributed by atoms with van der Waals surface area (Å²) in [7, 11) is 3.23. The molecule has 0 aromatic carbocycles. The number of amides is 1. The lowest BCUT2D eigenvalue weighted by molar-refractivity contribution is -0.142. The number of carbonyl (C=O) groups excluding carboxylic acids is 1. The highest BCUT2D eigenvalue weighted by molar-refractivity contribution is 5.81. The van der Waals surface area contributed by atoms with Crippen molar-refractivity contribution in [2.45, 2.75) is 19.1 Å². The quantitative estimate of drug-likeness (QED) is 0.813. The van der Waals surface area contributed by atoms with Crippen molar-refractivity contribution in [3.05, 3.63) is 30.1 Å². The summed E-state index contributed by atoms with van der Waals surface area (Å²) in [5.74, 6) is -0.112. The minimum atomic E-state index is -0.579. The van der Waals surface area contributed by atoms with E-state index >= 15 is 0 Å². The van der Waals surface area contributed by atoms with Gasteiger partial charge in [-0.15, -0.1) is 0 Å². The minimum absolute atomic E-state index is 0.0327. The molecule has 0 saturated heterocycles. The third kappa shape index (κ3) is 3.25. The Bertz CT molecular complexity index is 352. The standard InChI is InChI=1S/C12H19N3O2/c1-9(10-4-6-14-7-5-10)15(2)12(16)11(8-13)17-3/h4-7,9,11H,8,13H2,1-3H3. The number of nitrogens with zero attached hydrogens (tertiary/aromatic N) is 2. The van der Waals surface area contributed by atoms with Crippen molar-refractivity contribution in [2.24, 2.45) is 5.73 Å². The van der Waals surface area contributed by atoms with Gasteiger partial charge in [0, 0.05) is 33.1 Å². The molecule has 1 amide bonds. The molecule has 5 heteroatoms. The predicted molar refractivity (Wildman–Crippen MR) is 65.3 cm³/mol. The van der Waals surface area contributed by atoms with Crippen LogP contribution in [0.1, 0.15) is 18.5 Å². The molecule has 2 atom stereocenters. The largest absolute Gasteiger partial charge is 0.370 e. The van der Waals surface area contributed by atoms with Crippen LogP contribution >= 0.6 is 0 Å². The summed E-state index contributed by atoms with van der Waals surface area (Å²) in [6, 6.07) is 3.74. The van der Waals surface area contributed by atoms with Gasteiger partial charge in [-0.05, 0) is 24.6 Å². The van der Waals surface area contributed by atoms with Gasteiger partial charge in [0.05, 0.1) is 6.04 Å². The SMILES string of the molecule is COC(CN)C(=O)N(C)C(C)c1ccncc1. The predicted octanol–water partition coefficient (Wildman–Crippen LogP) is 0.575. The van der Waals surface area contributed by atoms with Crippen LogP contribution in [-0.4, -0.2) is 42.6 Å². The van der Waals surface area contributed by atoms with Gasteiger partial charge in [0.2, 0.25) is 0 Å². The molecule has 1 aromatic rings. The Morgan fingerprint density at radius 1 is 1.53 bits per heavy atom. The van der Waals surface area contributed by atoms with E-state index in [4.69, 9.17) is 10.5 Å². The molecule has 2 unspecified atom stereocenters. The number of methoxy groups -OCH3 is 1. The van der Waals surface area contributed by atoms with Gasteiger partial charge in [0.15, 0.2) is 0 Å². The van der Waals surface area contributed by atoms with Gasteiger partial charge in [-0.2, -0.15) is 0 Å². The van der Waals surface area contributed by atoms with Crippen LogP contribution in [0.25, 0.3) is 0 Å². The summed E-state index contributed by atoms with van der Waals surface area (Å²) in [5, 5.41) is 0. The van der Waals surface area contributed by atoms with Crippen LogP contribution in [0.3, 0.4) is 0 Å². The first-order chi connectivity index (χ1) is 8.11. The number of rotatable bonds is 5. The van der Waals surface area contributed by atoms with E-state index in [2.05, 4.69) is 4.98 Å². The van der Waals surface area contributed by atoms with Crippen LogP contribution < -0.4 is 5.73 Å². The van der Waals surface area contributed by atoms with Crippen molar-refractivity contribution in [1.82, 2.24) is 9.88 Å². The molecule has 0 spiro atoms. The molecule has 0 bridgehead atoms. The zero-order valence-corrected chi connectivity index (χ0v) is 10.5. The van der Waals surface area contributed by atoms with E-state index in [1.807, 2.05) is 19.1 Å². The average molecular weight is 237 g/mol. The van der Waals surface area contributed by atoms with Gasteiger partial charge in [-0.1, -0.05) is 0 Å². The lowest BCUT2D eigenvalue weighted by Crippen LogP contribution is -2.42. The monoisotopic (exact) mass is 237 g/mol. The zero-order valence-electron chi connectivity index (χ0n) is 10.5. The summed E-state index contributed by atoms with van der Waals surface area (Å²) >= 11 is 0. The number of aromatic nitrogens is 1. The van der Waals surface area contributed by atoms with Crippen molar-refractivity contribution in [2.75, 3.05) is 20.7 Å². The first-order valence-corrected chi connectivity index (χ1v) is 5.51. The number of hydrogen-bond acceptors (Lipinski definition) is 4. The Morgan fingerprint density at radius 2 is 2.12 bits per heavy atom. The van der Waals surface area contributed by atoms with Gasteiger partial charge in [0.1, 0.15) is 6.10 Å². The number of likely N-dealkylation sites (N-methyl/N-ethyl adjacent to an activating group) is 1. The fourth-order valence-electron chi connectivity index (χ4n) is 1.58. The Labute approximate surface area is 102 Å². The lowest BCUT2D eigenvalue weighted by Gasteiger charge is -2.28. The summed E-state index contributed by atoms with van der Waals surface area (Å²) in [5.41, 5.74) is 6.51. The van der Waals surface area contributed by atoms with Crippen LogP contribution in [0.2, 0.25) is 0 Å². The van der Waals surface area contributed by atoms with Crippen molar-refractivity contribution < 1.29 is 9.53 Å². The highest BCUT2D eigenvalue weighted by atomic mass is 16.5. The zero-order chi connectivity index (χ0) is 12.8. The second-order valence-electron chi connectivity index (χ2n) is 3.87. The summed E-state index contributed by atoms with van der Waals surface area (Å²) in [6.45, 7) is 2.14. The summed E-state index contributed by atoms with van der Waals surface area (Å²) in [6.07, 6.45) is 2.84. The molecular formula is C12H19N3O2. The molecule has 0 fully saturated rings. The number of pyridine rings is 1. The molecule has 1 rings (SSSR count). The molecular weight excluding hydrogens is 218 g/mol. The Morgan fingerprint density at radius 3 is 2.59 bits per heavy atom. The van der Waals surface area contributed by atoms with Gasteiger partial charge in [-0.25, -0.2) is 0 Å². The third-order valence-electron chi connectivity index (χ3n) is 2.89. The van der Waals surface area contributed by atoms with E-state index in [0.717, 1.165) is 5.56 Å². The molecule has 0 radical (unpaired) electrons. The molecule has 0 aliphatic carbocycles. The molecule has 1 heterocycles. The van der Waals surface area contributed by atoms with Crippen molar-refractivity contribution in [3.63, 3.8) is 0 Å². The van der Waals surface area contributed by atoms with Crippen LogP contribution in [0.4, 0.5) is 0 Å². The first kappa shape index (κ1) is 13.6. The van der Waals surface area contributed by atoms with E-state index < -0.39 is 6.10 Å². The molecule has 17 heavy (non-hydrogen) atoms. The fourth-order valence-corrected chi connectivity index (χ4v) is 1.58. The third-order valence-corrected chi connectivity index (χ3v) is 2.89. The Kier molecular flexibility index (Phi) is 5.06. The van der Waals surface area contributed by atoms with Crippen LogP contribution in [0.5, 0.6) is 0 Å². The van der Waals surface area contributed by atoms with Crippen LogP contribution in [-0.2, 0) is 9.53 Å². The van der Waals surface area contributed by atoms with Crippen molar-refractivity contribution >= 4 is 5.91 Å². The number of nitrogens with two attached hydrogens (primary N) is 1. The Hall–Kier alpha value is -1.46. The molecule has 5 nitrogen and oxygen atoms in total. The van der Waals surface area contributed by atoms with E-state index in [9.17, 15) is 4.79 Å². The van der Waals surface area contributed by atoms with E-state index in [1.54, 1.807) is 24.3 Å². The van der Waals surface area contributed by atoms with Crippen LogP contribution in [0.15, 0.2) is 24.5 Å². The van der Waals surface area contributed by atoms with Gasteiger partial charge in [0.25, 0.3) is 5.91 Å². The van der Waals surface area contributed by atoms with Gasteiger partial charge < -0.3 is 15.4 Å². The fraction of sp³-hybridized carbons (Fsp3) is 0.500. The molecule has 2 N–H and O–H groups in total. The number of hydrogen-bond donors (Lipinski definition) is 1. The first-order valence-electron chi connectivity index (χ1n) is 5.51. The maximum Gasteiger partial charge on any atom is 0.253 e. The average Bonchev–Trinajstić information content (AvgIpc) is 2.39. The number of ether oxygens (including phenoxy) is 1. The van der Waals surface area contributed by atoms with Crippen molar-refractivity contribution in [1.29, 1.82) is 0 Å². The van der Waals surface area contributed by atoms with Crippen LogP contribution in [0, 0.1) is 0 Å². The lowest BCUT2D eigenvalue weighted by atomic mass is 10.1. The molecule has 94 valence electrons. The second-order valence-corrected chi connectivity index (χ2v) is 3.87. The van der Waals surface area contributed by atoms with Gasteiger partial charge in [-0.3, -0.25) is 9.78 Å². The highest BCUT2D eigenvalue weighted by Gasteiger charge is 2.24. The molecule has 1 aromatic heterocycles. The smallest absolute Gasteiger partial charge is 0.253 e. The topological polar surface area (TPSA) is 68.5 Å². The highest BCUT2D eigenvalue weighted by Crippen LogP contribution is 2.18. The normalized spacial score (nSPS) is 14.1. The van der Waals surface area contributed by atoms with E-state index in [-0.39, 0.29) is 18.5 Å². The van der Waals surface area contributed by atoms with E-state index in [1.165, 1.54) is 7.11 Å². The van der Waals surface area contributed by atoms with Crippen molar-refractivity contribution in [3.8, 4) is 0 Å². The van der Waals surface area contributed by atoms with Gasteiger partial charge >= 0.3 is 0 Å². The Balaban J connectivity index is 2.76. The molecule has 0 saturated carbocycles. The summed E-state index contributed by atoms with van der Waals surface area (Å²) < 4.78 is 5.04. The maximum atomic E-state index is 12.0. The minimum Gasteiger partial charge on any atom is -0.370 e. The number of carbonyl (C=O) groups is 1. The second kappa shape index (κ2) is 6.32. The van der Waals surface area contributed by atoms with E-state index in [0.29, 0.717) is 0 Å². The summed E-state index contributed by atoms with van der Waals surface area (Å²) in [4.78, 5) is 17.6. The molecule has 0 aliphatic heterocycles. The molecule has 0 aliphatic rings. The maximum absolute atomic E-state index is 12.0.